The Bertz CT molecular complexity index is 706. The van der Waals surface area contributed by atoms with Crippen LogP contribution in [0.5, 0.6) is 0 Å². The first-order chi connectivity index (χ1) is 11.9. The van der Waals surface area contributed by atoms with Crippen LogP contribution in [0.3, 0.4) is 0 Å². The monoisotopic (exact) mass is 384 g/mol. The Hall–Kier alpha value is -1.76. The van der Waals surface area contributed by atoms with Crippen molar-refractivity contribution >= 4 is 29.2 Å². The quantitative estimate of drug-likeness (QED) is 0.525. The van der Waals surface area contributed by atoms with Crippen molar-refractivity contribution in [1.82, 2.24) is 15.6 Å². The Morgan fingerprint density at radius 3 is 2.48 bits per heavy atom. The second-order valence-corrected chi connectivity index (χ2v) is 6.42. The first-order valence-corrected chi connectivity index (χ1v) is 8.73. The second-order valence-electron chi connectivity index (χ2n) is 5.54. The van der Waals surface area contributed by atoms with Gasteiger partial charge < -0.3 is 20.2 Å². The number of hydrogen-bond donors (Lipinski definition) is 3. The zero-order valence-corrected chi connectivity index (χ0v) is 15.9. The van der Waals surface area contributed by atoms with Crippen LogP contribution < -0.4 is 10.6 Å². The normalized spacial score (nSPS) is 13.0. The molecule has 0 amide bonds. The van der Waals surface area contributed by atoms with Crippen LogP contribution in [0.1, 0.15) is 35.9 Å². The third kappa shape index (κ3) is 5.92. The molecule has 2 rings (SSSR count). The summed E-state index contributed by atoms with van der Waals surface area (Å²) in [7, 11) is 0. The smallest absolute Gasteiger partial charge is 0.216 e. The predicted octanol–water partition coefficient (Wildman–Crippen LogP) is 3.39. The number of hydrogen-bond acceptors (Lipinski definition) is 4. The molecule has 2 aromatic rings. The number of nitrogens with zero attached hydrogens (tertiary/aromatic N) is 2. The lowest BCUT2D eigenvalue weighted by atomic mass is 10.1. The third-order valence-electron chi connectivity index (χ3n) is 3.52. The molecule has 0 aliphatic rings. The highest BCUT2D eigenvalue weighted by atomic mass is 35.5. The lowest BCUT2D eigenvalue weighted by molar-refractivity contribution is 0.181. The van der Waals surface area contributed by atoms with E-state index in [-0.39, 0.29) is 6.54 Å². The largest absolute Gasteiger partial charge is 0.444 e. The fourth-order valence-corrected chi connectivity index (χ4v) is 2.72. The maximum absolute atomic E-state index is 10.3. The fourth-order valence-electron chi connectivity index (χ4n) is 2.17. The van der Waals surface area contributed by atoms with Gasteiger partial charge in [-0.2, -0.15) is 0 Å². The minimum absolute atomic E-state index is 0.256. The summed E-state index contributed by atoms with van der Waals surface area (Å²) in [6, 6.07) is 4.99. The Kier molecular flexibility index (Phi) is 7.11. The van der Waals surface area contributed by atoms with Crippen LogP contribution >= 0.6 is 23.2 Å². The molecule has 1 aromatic heterocycles. The van der Waals surface area contributed by atoms with Crippen LogP contribution in [0.4, 0.5) is 0 Å². The Morgan fingerprint density at radius 2 is 1.92 bits per heavy atom. The second kappa shape index (κ2) is 9.08. The van der Waals surface area contributed by atoms with E-state index >= 15 is 0 Å². The number of aryl methyl sites for hydroxylation is 2. The van der Waals surface area contributed by atoms with Gasteiger partial charge in [0, 0.05) is 23.1 Å². The molecule has 136 valence electrons. The van der Waals surface area contributed by atoms with Crippen molar-refractivity contribution in [3.8, 4) is 0 Å². The zero-order chi connectivity index (χ0) is 18.4. The van der Waals surface area contributed by atoms with Crippen molar-refractivity contribution < 1.29 is 9.52 Å². The van der Waals surface area contributed by atoms with Gasteiger partial charge >= 0.3 is 0 Å². The van der Waals surface area contributed by atoms with Gasteiger partial charge in [-0.3, -0.25) is 0 Å². The first-order valence-electron chi connectivity index (χ1n) is 7.98. The molecule has 0 bridgehead atoms. The number of nitrogens with one attached hydrogen (secondary N) is 2. The van der Waals surface area contributed by atoms with E-state index in [0.717, 1.165) is 11.5 Å². The molecule has 0 aliphatic heterocycles. The van der Waals surface area contributed by atoms with E-state index in [9.17, 15) is 5.11 Å². The van der Waals surface area contributed by atoms with Gasteiger partial charge in [0.2, 0.25) is 5.89 Å². The average molecular weight is 385 g/mol. The highest BCUT2D eigenvalue weighted by Gasteiger charge is 2.11. The van der Waals surface area contributed by atoms with Gasteiger partial charge in [-0.25, -0.2) is 9.98 Å². The molecule has 3 N–H and O–H groups in total. The number of oxazole rings is 1. The lowest BCUT2D eigenvalue weighted by Crippen LogP contribution is -2.39. The number of halogens is 2. The van der Waals surface area contributed by atoms with E-state index in [2.05, 4.69) is 20.6 Å². The van der Waals surface area contributed by atoms with Crippen LogP contribution in [0.15, 0.2) is 27.6 Å². The predicted molar refractivity (Wildman–Crippen MR) is 100 cm³/mol. The highest BCUT2D eigenvalue weighted by molar-refractivity contribution is 6.34. The van der Waals surface area contributed by atoms with E-state index < -0.39 is 6.10 Å². The number of aliphatic imine (C=N–C) groups is 1. The molecule has 0 radical (unpaired) electrons. The van der Waals surface area contributed by atoms with E-state index in [0.29, 0.717) is 40.5 Å². The Labute approximate surface area is 157 Å². The standard InChI is InChI=1S/C17H22Cl2N4O2/c1-4-20-17(22-9-16-23-10(2)11(3)25-16)21-8-15(24)12-5-13(18)7-14(19)6-12/h5-7,15,24H,4,8-9H2,1-3H3,(H2,20,21,22). The summed E-state index contributed by atoms with van der Waals surface area (Å²) in [5.74, 6) is 1.90. The van der Waals surface area contributed by atoms with Crippen molar-refractivity contribution in [2.24, 2.45) is 4.99 Å². The van der Waals surface area contributed by atoms with Crippen LogP contribution in [-0.4, -0.2) is 29.1 Å². The Morgan fingerprint density at radius 1 is 1.24 bits per heavy atom. The molecule has 1 atom stereocenters. The Balaban J connectivity index is 1.99. The minimum atomic E-state index is -0.772. The van der Waals surface area contributed by atoms with E-state index in [1.165, 1.54) is 0 Å². The molecular weight excluding hydrogens is 363 g/mol. The summed E-state index contributed by atoms with van der Waals surface area (Å²) in [5, 5.41) is 17.5. The van der Waals surface area contributed by atoms with Gasteiger partial charge in [0.05, 0.1) is 11.8 Å². The molecule has 1 aromatic carbocycles. The van der Waals surface area contributed by atoms with E-state index in [1.807, 2.05) is 20.8 Å². The molecular formula is C17H22Cl2N4O2. The van der Waals surface area contributed by atoms with Crippen LogP contribution in [0.2, 0.25) is 10.0 Å². The maximum atomic E-state index is 10.3. The van der Waals surface area contributed by atoms with Gasteiger partial charge in [-0.05, 0) is 44.5 Å². The van der Waals surface area contributed by atoms with Crippen molar-refractivity contribution in [3.63, 3.8) is 0 Å². The van der Waals surface area contributed by atoms with Crippen LogP contribution in [-0.2, 0) is 6.54 Å². The molecule has 0 aliphatic carbocycles. The van der Waals surface area contributed by atoms with Gasteiger partial charge in [0.25, 0.3) is 0 Å². The maximum Gasteiger partial charge on any atom is 0.216 e. The van der Waals surface area contributed by atoms with E-state index in [1.54, 1.807) is 18.2 Å². The lowest BCUT2D eigenvalue weighted by Gasteiger charge is -2.16. The summed E-state index contributed by atoms with van der Waals surface area (Å²) >= 11 is 11.9. The molecule has 0 spiro atoms. The number of benzene rings is 1. The number of aliphatic hydroxyl groups is 1. The molecule has 1 unspecified atom stereocenters. The molecule has 8 heteroatoms. The molecule has 25 heavy (non-hydrogen) atoms. The topological polar surface area (TPSA) is 82.7 Å². The van der Waals surface area contributed by atoms with Crippen molar-refractivity contribution in [2.75, 3.05) is 13.1 Å². The number of aliphatic hydroxyl groups excluding tert-OH is 1. The minimum Gasteiger partial charge on any atom is -0.444 e. The summed E-state index contributed by atoms with van der Waals surface area (Å²) in [4.78, 5) is 8.71. The molecule has 0 saturated heterocycles. The van der Waals surface area contributed by atoms with Gasteiger partial charge in [0.1, 0.15) is 12.3 Å². The SMILES string of the molecule is CCNC(=NCc1nc(C)c(C)o1)NCC(O)c1cc(Cl)cc(Cl)c1. The fraction of sp³-hybridized carbons (Fsp3) is 0.412. The summed E-state index contributed by atoms with van der Waals surface area (Å²) in [6.07, 6.45) is -0.772. The van der Waals surface area contributed by atoms with Gasteiger partial charge in [-0.15, -0.1) is 0 Å². The molecule has 6 nitrogen and oxygen atoms in total. The highest BCUT2D eigenvalue weighted by Crippen LogP contribution is 2.23. The van der Waals surface area contributed by atoms with Crippen molar-refractivity contribution in [2.45, 2.75) is 33.4 Å². The van der Waals surface area contributed by atoms with E-state index in [4.69, 9.17) is 27.6 Å². The first kappa shape index (κ1) is 19.6. The summed E-state index contributed by atoms with van der Waals surface area (Å²) in [6.45, 7) is 6.97. The van der Waals surface area contributed by atoms with Crippen LogP contribution in [0.25, 0.3) is 0 Å². The molecule has 0 fully saturated rings. The number of rotatable bonds is 6. The third-order valence-corrected chi connectivity index (χ3v) is 3.96. The molecule has 1 heterocycles. The average Bonchev–Trinajstić information content (AvgIpc) is 2.87. The van der Waals surface area contributed by atoms with Gasteiger partial charge in [0.15, 0.2) is 5.96 Å². The number of aromatic nitrogens is 1. The summed E-state index contributed by atoms with van der Waals surface area (Å²) in [5.41, 5.74) is 1.50. The van der Waals surface area contributed by atoms with Gasteiger partial charge in [-0.1, -0.05) is 23.2 Å². The van der Waals surface area contributed by atoms with Crippen LogP contribution in [0, 0.1) is 13.8 Å². The zero-order valence-electron chi connectivity index (χ0n) is 14.4. The van der Waals surface area contributed by atoms with Crippen molar-refractivity contribution in [3.05, 3.63) is 51.2 Å². The number of guanidine groups is 1. The summed E-state index contributed by atoms with van der Waals surface area (Å²) < 4.78 is 5.51. The van der Waals surface area contributed by atoms with Crippen molar-refractivity contribution in [1.29, 1.82) is 0 Å². The molecule has 0 saturated carbocycles.